The van der Waals surface area contributed by atoms with Gasteiger partial charge in [0.2, 0.25) is 5.91 Å². The first kappa shape index (κ1) is 13.0. The third-order valence-electron chi connectivity index (χ3n) is 3.38. The Labute approximate surface area is 107 Å². The normalized spacial score (nSPS) is 23.7. The molecule has 2 rings (SSSR count). The fourth-order valence-electron chi connectivity index (χ4n) is 2.13. The largest absolute Gasteiger partial charge is 0.349 e. The number of aromatic nitrogens is 2. The van der Waals surface area contributed by atoms with Gasteiger partial charge in [-0.3, -0.25) is 14.8 Å². The number of carbonyl (C=O) groups excluding carboxylic acids is 1. The molecule has 2 N–H and O–H groups in total. The second-order valence-electron chi connectivity index (χ2n) is 5.05. The Morgan fingerprint density at radius 1 is 1.44 bits per heavy atom. The van der Waals surface area contributed by atoms with Crippen molar-refractivity contribution in [2.45, 2.75) is 45.2 Å². The van der Waals surface area contributed by atoms with E-state index >= 15 is 0 Å². The van der Waals surface area contributed by atoms with Crippen LogP contribution in [0.3, 0.4) is 0 Å². The minimum Gasteiger partial charge on any atom is -0.349 e. The summed E-state index contributed by atoms with van der Waals surface area (Å²) in [6.07, 6.45) is 6.54. The highest BCUT2D eigenvalue weighted by atomic mass is 16.2. The third kappa shape index (κ3) is 3.04. The molecule has 1 aromatic rings. The molecule has 0 aromatic carbocycles. The maximum atomic E-state index is 12.1. The van der Waals surface area contributed by atoms with Crippen LogP contribution in [0.15, 0.2) is 12.4 Å². The molecule has 1 atom stereocenters. The zero-order chi connectivity index (χ0) is 13.0. The van der Waals surface area contributed by atoms with Gasteiger partial charge in [-0.25, -0.2) is 0 Å². The van der Waals surface area contributed by atoms with Gasteiger partial charge in [0.25, 0.3) is 0 Å². The van der Waals surface area contributed by atoms with Gasteiger partial charge >= 0.3 is 0 Å². The maximum absolute atomic E-state index is 12.1. The molecule has 5 heteroatoms. The second-order valence-corrected chi connectivity index (χ2v) is 5.05. The summed E-state index contributed by atoms with van der Waals surface area (Å²) in [6, 6.07) is 0. The van der Waals surface area contributed by atoms with Crippen molar-refractivity contribution in [3.63, 3.8) is 0 Å². The number of nitrogens with zero attached hydrogens (tertiary/aromatic N) is 2. The van der Waals surface area contributed by atoms with Crippen molar-refractivity contribution in [1.82, 2.24) is 20.6 Å². The molecule has 1 saturated heterocycles. The molecule has 1 unspecified atom stereocenters. The molecule has 0 spiro atoms. The first-order valence-corrected chi connectivity index (χ1v) is 6.41. The van der Waals surface area contributed by atoms with Crippen LogP contribution in [0, 0.1) is 6.92 Å². The third-order valence-corrected chi connectivity index (χ3v) is 3.38. The number of hydrogen-bond donors (Lipinski definition) is 2. The average Bonchev–Trinajstić information content (AvgIpc) is 2.38. The Hall–Kier alpha value is -1.49. The molecular formula is C13H20N4O. The molecule has 1 aromatic heterocycles. The molecule has 1 fully saturated rings. The number of aryl methyl sites for hydroxylation is 1. The fraction of sp³-hybridized carbons (Fsp3) is 0.615. The quantitative estimate of drug-likeness (QED) is 0.835. The number of amides is 1. The lowest BCUT2D eigenvalue weighted by Gasteiger charge is -2.33. The molecule has 98 valence electrons. The summed E-state index contributed by atoms with van der Waals surface area (Å²) in [6.45, 7) is 5.20. The van der Waals surface area contributed by atoms with E-state index in [4.69, 9.17) is 0 Å². The number of nitrogens with one attached hydrogen (secondary N) is 2. The molecule has 0 radical (unpaired) electrons. The van der Waals surface area contributed by atoms with Crippen LogP contribution in [0.5, 0.6) is 0 Å². The summed E-state index contributed by atoms with van der Waals surface area (Å²) < 4.78 is 0. The van der Waals surface area contributed by atoms with Crippen molar-refractivity contribution < 1.29 is 4.79 Å². The second kappa shape index (κ2) is 5.44. The lowest BCUT2D eigenvalue weighted by atomic mass is 9.90. The number of piperidine rings is 1. The molecule has 18 heavy (non-hydrogen) atoms. The van der Waals surface area contributed by atoms with E-state index in [0.717, 1.165) is 37.2 Å². The predicted octanol–water partition coefficient (Wildman–Crippen LogP) is 0.933. The summed E-state index contributed by atoms with van der Waals surface area (Å²) in [7, 11) is 0. The highest BCUT2D eigenvalue weighted by Gasteiger charge is 2.33. The van der Waals surface area contributed by atoms with E-state index < -0.39 is 5.54 Å². The lowest BCUT2D eigenvalue weighted by Crippen LogP contribution is -2.56. The maximum Gasteiger partial charge on any atom is 0.240 e. The van der Waals surface area contributed by atoms with E-state index in [0.29, 0.717) is 6.54 Å². The van der Waals surface area contributed by atoms with Crippen LogP contribution in [0.25, 0.3) is 0 Å². The van der Waals surface area contributed by atoms with Crippen molar-refractivity contribution in [3.8, 4) is 0 Å². The number of carbonyl (C=O) groups is 1. The Bertz CT molecular complexity index is 410. The Morgan fingerprint density at radius 3 is 2.89 bits per heavy atom. The number of hydrogen-bond acceptors (Lipinski definition) is 4. The van der Waals surface area contributed by atoms with Crippen molar-refractivity contribution in [2.24, 2.45) is 0 Å². The summed E-state index contributed by atoms with van der Waals surface area (Å²) >= 11 is 0. The molecule has 0 saturated carbocycles. The smallest absolute Gasteiger partial charge is 0.240 e. The van der Waals surface area contributed by atoms with E-state index in [2.05, 4.69) is 20.6 Å². The van der Waals surface area contributed by atoms with Crippen LogP contribution in [-0.4, -0.2) is 28.0 Å². The standard InChI is InChI=1S/C13H20N4O/c1-10-7-15-11(8-14-10)9-16-12(18)13(2)5-3-4-6-17-13/h7-8,17H,3-6,9H2,1-2H3,(H,16,18). The average molecular weight is 248 g/mol. The van der Waals surface area contributed by atoms with Gasteiger partial charge in [-0.05, 0) is 39.7 Å². The van der Waals surface area contributed by atoms with Crippen molar-refractivity contribution in [2.75, 3.05) is 6.54 Å². The van der Waals surface area contributed by atoms with Crippen LogP contribution in [0.2, 0.25) is 0 Å². The minimum atomic E-state index is -0.434. The van der Waals surface area contributed by atoms with E-state index in [-0.39, 0.29) is 5.91 Å². The molecule has 1 aliphatic rings. The first-order valence-electron chi connectivity index (χ1n) is 6.41. The Balaban J connectivity index is 1.89. The van der Waals surface area contributed by atoms with Gasteiger partial charge in [0.15, 0.2) is 0 Å². The van der Waals surface area contributed by atoms with Gasteiger partial charge in [0.05, 0.1) is 29.7 Å². The fourth-order valence-corrected chi connectivity index (χ4v) is 2.13. The van der Waals surface area contributed by atoms with Gasteiger partial charge in [0.1, 0.15) is 0 Å². The minimum absolute atomic E-state index is 0.0459. The zero-order valence-corrected chi connectivity index (χ0v) is 11.0. The van der Waals surface area contributed by atoms with Crippen LogP contribution < -0.4 is 10.6 Å². The SMILES string of the molecule is Cc1cnc(CNC(=O)C2(C)CCCCN2)cn1. The van der Waals surface area contributed by atoms with Gasteiger partial charge in [0, 0.05) is 6.20 Å². The molecule has 1 aliphatic heterocycles. The molecule has 5 nitrogen and oxygen atoms in total. The van der Waals surface area contributed by atoms with Gasteiger partial charge in [-0.2, -0.15) is 0 Å². The van der Waals surface area contributed by atoms with Gasteiger partial charge < -0.3 is 10.6 Å². The summed E-state index contributed by atoms with van der Waals surface area (Å²) in [4.78, 5) is 20.5. The van der Waals surface area contributed by atoms with Crippen molar-refractivity contribution >= 4 is 5.91 Å². The van der Waals surface area contributed by atoms with E-state index in [1.165, 1.54) is 0 Å². The van der Waals surface area contributed by atoms with Gasteiger partial charge in [-0.1, -0.05) is 0 Å². The van der Waals surface area contributed by atoms with Crippen LogP contribution >= 0.6 is 0 Å². The molecule has 1 amide bonds. The summed E-state index contributed by atoms with van der Waals surface area (Å²) in [5.74, 6) is 0.0459. The van der Waals surface area contributed by atoms with Crippen LogP contribution in [0.1, 0.15) is 37.6 Å². The van der Waals surface area contributed by atoms with Crippen molar-refractivity contribution in [3.05, 3.63) is 23.8 Å². The Kier molecular flexibility index (Phi) is 3.91. The Morgan fingerprint density at radius 2 is 2.28 bits per heavy atom. The highest BCUT2D eigenvalue weighted by Crippen LogP contribution is 2.18. The van der Waals surface area contributed by atoms with E-state index in [1.807, 2.05) is 13.8 Å². The molecule has 2 heterocycles. The van der Waals surface area contributed by atoms with Gasteiger partial charge in [-0.15, -0.1) is 0 Å². The highest BCUT2D eigenvalue weighted by molar-refractivity contribution is 5.85. The van der Waals surface area contributed by atoms with E-state index in [1.54, 1.807) is 12.4 Å². The van der Waals surface area contributed by atoms with Crippen LogP contribution in [-0.2, 0) is 11.3 Å². The summed E-state index contributed by atoms with van der Waals surface area (Å²) in [5.41, 5.74) is 1.23. The number of rotatable bonds is 3. The van der Waals surface area contributed by atoms with Crippen molar-refractivity contribution in [1.29, 1.82) is 0 Å². The first-order chi connectivity index (χ1) is 8.60. The molecule has 0 bridgehead atoms. The molecule has 0 aliphatic carbocycles. The molecular weight excluding hydrogens is 228 g/mol. The monoisotopic (exact) mass is 248 g/mol. The van der Waals surface area contributed by atoms with Crippen LogP contribution in [0.4, 0.5) is 0 Å². The van der Waals surface area contributed by atoms with E-state index in [9.17, 15) is 4.79 Å². The topological polar surface area (TPSA) is 66.9 Å². The summed E-state index contributed by atoms with van der Waals surface area (Å²) in [5, 5.41) is 6.22. The zero-order valence-electron chi connectivity index (χ0n) is 11.0. The predicted molar refractivity (Wildman–Crippen MR) is 68.9 cm³/mol. The lowest BCUT2D eigenvalue weighted by molar-refractivity contribution is -0.128.